The van der Waals surface area contributed by atoms with Gasteiger partial charge in [-0.15, -0.1) is 0 Å². The van der Waals surface area contributed by atoms with Crippen LogP contribution in [0.15, 0.2) is 88.2 Å². The lowest BCUT2D eigenvalue weighted by atomic mass is 10.1. The van der Waals surface area contributed by atoms with Crippen LogP contribution in [-0.2, 0) is 17.9 Å². The number of thioether (sulfide) groups is 1. The third-order valence-electron chi connectivity index (χ3n) is 6.27. The van der Waals surface area contributed by atoms with E-state index in [4.69, 9.17) is 9.47 Å². The molecule has 0 N–H and O–H groups in total. The number of nitro groups is 1. The average molecular weight is 619 g/mol. The largest absolute Gasteiger partial charge is 0.490 e. The molecule has 1 heterocycles. The number of fused-ring (bicyclic) bond motifs is 1. The Hall–Kier alpha value is -4.15. The number of halogens is 1. The molecule has 202 valence electrons. The van der Waals surface area contributed by atoms with Gasteiger partial charge in [-0.1, -0.05) is 60.7 Å². The molecule has 0 aromatic heterocycles. The molecule has 0 aliphatic carbocycles. The van der Waals surface area contributed by atoms with Crippen LogP contribution in [0.3, 0.4) is 0 Å². The van der Waals surface area contributed by atoms with Crippen LogP contribution < -0.4 is 9.47 Å². The molecule has 1 fully saturated rings. The molecule has 1 saturated heterocycles. The number of hydrogen-bond acceptors (Lipinski definition) is 7. The molecule has 0 radical (unpaired) electrons. The minimum absolute atomic E-state index is 0.144. The first-order valence-electron chi connectivity index (χ1n) is 12.4. The number of ether oxygens (including phenoxy) is 2. The third-order valence-corrected chi connectivity index (χ3v) is 7.77. The van der Waals surface area contributed by atoms with Gasteiger partial charge in [0.05, 0.1) is 27.5 Å². The van der Waals surface area contributed by atoms with Gasteiger partial charge in [0.1, 0.15) is 6.61 Å². The zero-order valence-corrected chi connectivity index (χ0v) is 23.7. The van der Waals surface area contributed by atoms with E-state index in [0.29, 0.717) is 34.7 Å². The fourth-order valence-electron chi connectivity index (χ4n) is 4.42. The Morgan fingerprint density at radius 1 is 0.975 bits per heavy atom. The molecule has 1 aliphatic rings. The second-order valence-corrected chi connectivity index (χ2v) is 10.7. The van der Waals surface area contributed by atoms with Crippen molar-refractivity contribution >= 4 is 61.4 Å². The molecule has 5 rings (SSSR count). The highest BCUT2D eigenvalue weighted by atomic mass is 79.9. The number of hydrogen-bond donors (Lipinski definition) is 0. The van der Waals surface area contributed by atoms with Crippen LogP contribution >= 0.6 is 27.7 Å². The molecule has 0 atom stereocenters. The highest BCUT2D eigenvalue weighted by molar-refractivity contribution is 9.10. The minimum Gasteiger partial charge on any atom is -0.490 e. The molecule has 4 aromatic carbocycles. The van der Waals surface area contributed by atoms with Crippen LogP contribution in [-0.4, -0.2) is 27.6 Å². The fraction of sp³-hybridized carbons (Fsp3) is 0.133. The minimum atomic E-state index is -0.527. The van der Waals surface area contributed by atoms with Gasteiger partial charge in [-0.3, -0.25) is 24.6 Å². The van der Waals surface area contributed by atoms with E-state index in [9.17, 15) is 19.7 Å². The van der Waals surface area contributed by atoms with Gasteiger partial charge in [0.2, 0.25) is 0 Å². The zero-order valence-electron chi connectivity index (χ0n) is 21.3. The smallest absolute Gasteiger partial charge is 0.293 e. The Balaban J connectivity index is 1.39. The van der Waals surface area contributed by atoms with Gasteiger partial charge in [-0.2, -0.15) is 0 Å². The van der Waals surface area contributed by atoms with Crippen molar-refractivity contribution in [3.8, 4) is 11.5 Å². The number of rotatable bonds is 9. The van der Waals surface area contributed by atoms with Gasteiger partial charge >= 0.3 is 0 Å². The number of carbonyl (C=O) groups excluding carboxylic acids is 2. The number of carbonyl (C=O) groups is 2. The van der Waals surface area contributed by atoms with Crippen LogP contribution in [0, 0.1) is 10.1 Å². The topological polar surface area (TPSA) is 99.0 Å². The van der Waals surface area contributed by atoms with Gasteiger partial charge in [0, 0.05) is 11.6 Å². The maximum atomic E-state index is 13.1. The van der Waals surface area contributed by atoms with Crippen molar-refractivity contribution in [2.45, 2.75) is 20.1 Å². The van der Waals surface area contributed by atoms with Crippen molar-refractivity contribution in [3.05, 3.63) is 115 Å². The van der Waals surface area contributed by atoms with E-state index in [1.807, 2.05) is 31.2 Å². The van der Waals surface area contributed by atoms with E-state index in [-0.39, 0.29) is 22.7 Å². The first-order valence-corrected chi connectivity index (χ1v) is 14.0. The van der Waals surface area contributed by atoms with E-state index in [1.54, 1.807) is 30.3 Å². The molecule has 8 nitrogen and oxygen atoms in total. The van der Waals surface area contributed by atoms with E-state index in [2.05, 4.69) is 34.1 Å². The molecule has 10 heteroatoms. The van der Waals surface area contributed by atoms with Gasteiger partial charge in [-0.05, 0) is 74.7 Å². The summed E-state index contributed by atoms with van der Waals surface area (Å²) in [6.45, 7) is 2.40. The van der Waals surface area contributed by atoms with E-state index >= 15 is 0 Å². The maximum absolute atomic E-state index is 13.1. The van der Waals surface area contributed by atoms with Crippen molar-refractivity contribution in [1.82, 2.24) is 4.90 Å². The summed E-state index contributed by atoms with van der Waals surface area (Å²) in [7, 11) is 0. The maximum Gasteiger partial charge on any atom is 0.293 e. The van der Waals surface area contributed by atoms with E-state index in [0.717, 1.165) is 33.0 Å². The number of para-hydroxylation sites is 1. The van der Waals surface area contributed by atoms with Crippen molar-refractivity contribution in [2.24, 2.45) is 0 Å². The summed E-state index contributed by atoms with van der Waals surface area (Å²) in [5.41, 5.74) is 1.80. The number of nitro benzene ring substituents is 1. The van der Waals surface area contributed by atoms with Crippen LogP contribution in [0.5, 0.6) is 11.5 Å². The zero-order chi connectivity index (χ0) is 28.2. The predicted molar refractivity (Wildman–Crippen MR) is 158 cm³/mol. The molecule has 40 heavy (non-hydrogen) atoms. The lowest BCUT2D eigenvalue weighted by Crippen LogP contribution is -2.27. The summed E-state index contributed by atoms with van der Waals surface area (Å²) in [5.74, 6) is 0.498. The van der Waals surface area contributed by atoms with Gasteiger partial charge in [0.25, 0.3) is 16.8 Å². The highest BCUT2D eigenvalue weighted by Gasteiger charge is 2.36. The molecule has 1 aliphatic heterocycles. The first kappa shape index (κ1) is 27.4. The lowest BCUT2D eigenvalue weighted by Gasteiger charge is -2.16. The van der Waals surface area contributed by atoms with Crippen LogP contribution in [0.4, 0.5) is 10.5 Å². The van der Waals surface area contributed by atoms with Crippen molar-refractivity contribution < 1.29 is 24.0 Å². The second kappa shape index (κ2) is 11.9. The van der Waals surface area contributed by atoms with Gasteiger partial charge < -0.3 is 9.47 Å². The standard InChI is InChI=1S/C30H23BrN2O6S/c1-2-38-26-15-19(14-24(31)28(26)39-18-22-11-7-10-20-8-3-5-12-23(20)22)16-27-29(34)32(30(35)40-27)17-21-9-4-6-13-25(21)33(36)37/h3-16H,2,17-18H2,1H3. The second-order valence-electron chi connectivity index (χ2n) is 8.84. The summed E-state index contributed by atoms with van der Waals surface area (Å²) in [5, 5.41) is 13.1. The third kappa shape index (κ3) is 5.73. The predicted octanol–water partition coefficient (Wildman–Crippen LogP) is 7.72. The van der Waals surface area contributed by atoms with Crippen molar-refractivity contribution in [2.75, 3.05) is 6.61 Å². The summed E-state index contributed by atoms with van der Waals surface area (Å²) in [6, 6.07) is 23.8. The Kier molecular flexibility index (Phi) is 8.18. The summed E-state index contributed by atoms with van der Waals surface area (Å²) in [4.78, 5) is 37.9. The number of nitrogens with zero attached hydrogens (tertiary/aromatic N) is 2. The quantitative estimate of drug-likeness (QED) is 0.107. The number of imide groups is 1. The fourth-order valence-corrected chi connectivity index (χ4v) is 5.84. The molecule has 2 amide bonds. The first-order chi connectivity index (χ1) is 19.4. The molecule has 4 aromatic rings. The molecular weight excluding hydrogens is 596 g/mol. The summed E-state index contributed by atoms with van der Waals surface area (Å²) in [6.07, 6.45) is 1.60. The Bertz CT molecular complexity index is 1670. The number of amides is 2. The van der Waals surface area contributed by atoms with Crippen LogP contribution in [0.2, 0.25) is 0 Å². The van der Waals surface area contributed by atoms with Gasteiger partial charge in [0.15, 0.2) is 11.5 Å². The SMILES string of the molecule is CCOc1cc(C=C2SC(=O)N(Cc3ccccc3[N+](=O)[O-])C2=O)cc(Br)c1OCc1cccc2ccccc12. The monoisotopic (exact) mass is 618 g/mol. The normalized spacial score (nSPS) is 14.2. The van der Waals surface area contributed by atoms with E-state index in [1.165, 1.54) is 12.1 Å². The molecular formula is C30H23BrN2O6S. The van der Waals surface area contributed by atoms with Crippen LogP contribution in [0.25, 0.3) is 16.8 Å². The Morgan fingerprint density at radius 3 is 2.50 bits per heavy atom. The highest BCUT2D eigenvalue weighted by Crippen LogP contribution is 2.40. The van der Waals surface area contributed by atoms with E-state index < -0.39 is 16.1 Å². The average Bonchev–Trinajstić information content (AvgIpc) is 3.20. The summed E-state index contributed by atoms with van der Waals surface area (Å²) < 4.78 is 12.7. The van der Waals surface area contributed by atoms with Gasteiger partial charge in [-0.25, -0.2) is 0 Å². The number of benzene rings is 4. The van der Waals surface area contributed by atoms with Crippen LogP contribution in [0.1, 0.15) is 23.6 Å². The summed E-state index contributed by atoms with van der Waals surface area (Å²) >= 11 is 4.37. The molecule has 0 saturated carbocycles. The van der Waals surface area contributed by atoms with Crippen molar-refractivity contribution in [1.29, 1.82) is 0 Å². The molecule has 0 spiro atoms. The van der Waals surface area contributed by atoms with Crippen molar-refractivity contribution in [3.63, 3.8) is 0 Å². The Labute approximate surface area is 242 Å². The Morgan fingerprint density at radius 2 is 1.70 bits per heavy atom. The molecule has 0 unspecified atom stereocenters. The molecule has 0 bridgehead atoms. The lowest BCUT2D eigenvalue weighted by molar-refractivity contribution is -0.385.